The van der Waals surface area contributed by atoms with E-state index in [1.54, 1.807) is 11.3 Å². The third kappa shape index (κ3) is 3.53. The lowest BCUT2D eigenvalue weighted by molar-refractivity contribution is 0.0746. The minimum absolute atomic E-state index is 0.116. The van der Waals surface area contributed by atoms with E-state index < -0.39 is 0 Å². The lowest BCUT2D eigenvalue weighted by Crippen LogP contribution is -2.48. The third-order valence-corrected chi connectivity index (χ3v) is 6.36. The summed E-state index contributed by atoms with van der Waals surface area (Å²) in [5.74, 6) is 0.116. The lowest BCUT2D eigenvalue weighted by atomic mass is 10.2. The summed E-state index contributed by atoms with van der Waals surface area (Å²) >= 11 is 5.12. The number of aromatic nitrogens is 2. The van der Waals surface area contributed by atoms with E-state index in [1.165, 1.54) is 0 Å². The van der Waals surface area contributed by atoms with E-state index in [1.807, 2.05) is 48.5 Å². The summed E-state index contributed by atoms with van der Waals surface area (Å²) in [4.78, 5) is 21.7. The van der Waals surface area contributed by atoms with Gasteiger partial charge in [0.25, 0.3) is 5.91 Å². The second kappa shape index (κ2) is 7.48. The highest BCUT2D eigenvalue weighted by molar-refractivity contribution is 9.10. The molecule has 1 aliphatic heterocycles. The molecule has 0 bridgehead atoms. The van der Waals surface area contributed by atoms with Crippen molar-refractivity contribution in [2.24, 2.45) is 0 Å². The number of benzene rings is 1. The van der Waals surface area contributed by atoms with Crippen LogP contribution in [0.3, 0.4) is 0 Å². The zero-order valence-corrected chi connectivity index (χ0v) is 17.8. The molecule has 3 aromatic rings. The SMILES string of the molecule is Cc1cc(C(=O)N2CCN(c3nccs3)CC2)c(C)n1-c1ccc(Br)cc1. The minimum Gasteiger partial charge on any atom is -0.345 e. The number of carbonyl (C=O) groups excluding carboxylic acids is 1. The predicted molar refractivity (Wildman–Crippen MR) is 113 cm³/mol. The number of rotatable bonds is 3. The quantitative estimate of drug-likeness (QED) is 0.605. The van der Waals surface area contributed by atoms with E-state index in [-0.39, 0.29) is 5.91 Å². The van der Waals surface area contributed by atoms with Gasteiger partial charge in [-0.15, -0.1) is 11.3 Å². The first-order valence-electron chi connectivity index (χ1n) is 8.93. The first-order chi connectivity index (χ1) is 13.0. The third-order valence-electron chi connectivity index (χ3n) is 5.00. The molecule has 2 aromatic heterocycles. The van der Waals surface area contributed by atoms with Gasteiger partial charge in [-0.25, -0.2) is 4.98 Å². The number of aryl methyl sites for hydroxylation is 1. The monoisotopic (exact) mass is 444 g/mol. The number of hydrogen-bond acceptors (Lipinski definition) is 4. The topological polar surface area (TPSA) is 41.4 Å². The summed E-state index contributed by atoms with van der Waals surface area (Å²) in [7, 11) is 0. The molecule has 27 heavy (non-hydrogen) atoms. The van der Waals surface area contributed by atoms with Gasteiger partial charge in [0.2, 0.25) is 0 Å². The van der Waals surface area contributed by atoms with Gasteiger partial charge in [0, 0.05) is 59.3 Å². The maximum atomic E-state index is 13.1. The zero-order chi connectivity index (χ0) is 19.0. The fourth-order valence-electron chi connectivity index (χ4n) is 3.61. The van der Waals surface area contributed by atoms with E-state index in [4.69, 9.17) is 0 Å². The van der Waals surface area contributed by atoms with E-state index >= 15 is 0 Å². The second-order valence-electron chi connectivity index (χ2n) is 6.69. The maximum Gasteiger partial charge on any atom is 0.255 e. The van der Waals surface area contributed by atoms with E-state index in [2.05, 4.69) is 42.5 Å². The van der Waals surface area contributed by atoms with Crippen molar-refractivity contribution in [1.82, 2.24) is 14.5 Å². The average Bonchev–Trinajstić information content (AvgIpc) is 3.31. The van der Waals surface area contributed by atoms with Crippen LogP contribution in [0.5, 0.6) is 0 Å². The predicted octanol–water partition coefficient (Wildman–Crippen LogP) is 4.28. The van der Waals surface area contributed by atoms with Crippen molar-refractivity contribution in [2.45, 2.75) is 13.8 Å². The highest BCUT2D eigenvalue weighted by Crippen LogP contribution is 2.25. The minimum atomic E-state index is 0.116. The summed E-state index contributed by atoms with van der Waals surface area (Å²) in [6, 6.07) is 10.2. The molecule has 0 N–H and O–H groups in total. The molecule has 1 fully saturated rings. The van der Waals surface area contributed by atoms with Gasteiger partial charge in [0.05, 0.1) is 5.56 Å². The normalized spacial score (nSPS) is 14.6. The molecule has 0 saturated carbocycles. The van der Waals surface area contributed by atoms with Gasteiger partial charge in [0.1, 0.15) is 0 Å². The van der Waals surface area contributed by atoms with E-state index in [0.29, 0.717) is 0 Å². The van der Waals surface area contributed by atoms with Crippen LogP contribution in [0.2, 0.25) is 0 Å². The summed E-state index contributed by atoms with van der Waals surface area (Å²) in [5.41, 5.74) is 3.92. The fraction of sp³-hybridized carbons (Fsp3) is 0.300. The highest BCUT2D eigenvalue weighted by atomic mass is 79.9. The Morgan fingerprint density at radius 3 is 2.44 bits per heavy atom. The molecule has 3 heterocycles. The second-order valence-corrected chi connectivity index (χ2v) is 8.48. The Hall–Kier alpha value is -2.12. The van der Waals surface area contributed by atoms with Crippen LogP contribution >= 0.6 is 27.3 Å². The summed E-state index contributed by atoms with van der Waals surface area (Å²) in [5, 5.41) is 3.03. The Morgan fingerprint density at radius 1 is 1.11 bits per heavy atom. The average molecular weight is 445 g/mol. The van der Waals surface area contributed by atoms with Crippen molar-refractivity contribution < 1.29 is 4.79 Å². The first-order valence-corrected chi connectivity index (χ1v) is 10.6. The molecule has 1 aromatic carbocycles. The molecular weight excluding hydrogens is 424 g/mol. The van der Waals surface area contributed by atoms with Crippen LogP contribution < -0.4 is 4.90 Å². The van der Waals surface area contributed by atoms with Gasteiger partial charge >= 0.3 is 0 Å². The fourth-order valence-corrected chi connectivity index (χ4v) is 4.57. The van der Waals surface area contributed by atoms with Gasteiger partial charge in [-0.05, 0) is 44.2 Å². The number of hydrogen-bond donors (Lipinski definition) is 0. The van der Waals surface area contributed by atoms with Crippen LogP contribution in [0, 0.1) is 13.8 Å². The lowest BCUT2D eigenvalue weighted by Gasteiger charge is -2.34. The number of amides is 1. The Morgan fingerprint density at radius 2 is 1.81 bits per heavy atom. The number of anilines is 1. The van der Waals surface area contributed by atoms with Gasteiger partial charge < -0.3 is 14.4 Å². The van der Waals surface area contributed by atoms with Gasteiger partial charge in [-0.1, -0.05) is 15.9 Å². The molecule has 140 valence electrons. The summed E-state index contributed by atoms with van der Waals surface area (Å²) in [6.45, 7) is 7.16. The number of carbonyl (C=O) groups is 1. The molecule has 0 aliphatic carbocycles. The van der Waals surface area contributed by atoms with Crippen molar-refractivity contribution in [3.63, 3.8) is 0 Å². The van der Waals surface area contributed by atoms with Crippen LogP contribution in [0.15, 0.2) is 46.4 Å². The smallest absolute Gasteiger partial charge is 0.255 e. The standard InChI is InChI=1S/C20H21BrN4OS/c1-14-13-18(15(2)25(14)17-5-3-16(21)4-6-17)19(26)23-8-10-24(11-9-23)20-22-7-12-27-20/h3-7,12-13H,8-11H2,1-2H3. The molecule has 0 atom stereocenters. The summed E-state index contributed by atoms with van der Waals surface area (Å²) in [6.07, 6.45) is 1.83. The number of halogens is 1. The highest BCUT2D eigenvalue weighted by Gasteiger charge is 2.26. The first kappa shape index (κ1) is 18.3. The Kier molecular flexibility index (Phi) is 5.06. The molecule has 1 aliphatic rings. The molecule has 0 radical (unpaired) electrons. The molecule has 7 heteroatoms. The number of nitrogens with zero attached hydrogens (tertiary/aromatic N) is 4. The van der Waals surface area contributed by atoms with Gasteiger partial charge in [0.15, 0.2) is 5.13 Å². The Balaban J connectivity index is 1.53. The maximum absolute atomic E-state index is 13.1. The Bertz CT molecular complexity index is 941. The molecule has 5 nitrogen and oxygen atoms in total. The van der Waals surface area contributed by atoms with Crippen LogP contribution in [-0.2, 0) is 0 Å². The number of piperazine rings is 1. The molecule has 0 unspecified atom stereocenters. The van der Waals surface area contributed by atoms with Gasteiger partial charge in [-0.2, -0.15) is 0 Å². The van der Waals surface area contributed by atoms with Crippen molar-refractivity contribution in [1.29, 1.82) is 0 Å². The van der Waals surface area contributed by atoms with Crippen LogP contribution in [0.4, 0.5) is 5.13 Å². The largest absolute Gasteiger partial charge is 0.345 e. The van der Waals surface area contributed by atoms with Crippen molar-refractivity contribution >= 4 is 38.3 Å². The van der Waals surface area contributed by atoms with Gasteiger partial charge in [-0.3, -0.25) is 4.79 Å². The van der Waals surface area contributed by atoms with Crippen molar-refractivity contribution in [3.8, 4) is 5.69 Å². The van der Waals surface area contributed by atoms with Crippen molar-refractivity contribution in [2.75, 3.05) is 31.1 Å². The molecule has 1 amide bonds. The van der Waals surface area contributed by atoms with E-state index in [0.717, 1.165) is 58.4 Å². The van der Waals surface area contributed by atoms with Crippen LogP contribution in [0.25, 0.3) is 5.69 Å². The molecular formula is C20H21BrN4OS. The molecule has 1 saturated heterocycles. The van der Waals surface area contributed by atoms with Crippen LogP contribution in [-0.4, -0.2) is 46.5 Å². The number of thiazole rings is 1. The molecule has 4 rings (SSSR count). The summed E-state index contributed by atoms with van der Waals surface area (Å²) < 4.78 is 3.19. The van der Waals surface area contributed by atoms with Crippen LogP contribution in [0.1, 0.15) is 21.7 Å². The van der Waals surface area contributed by atoms with Crippen molar-refractivity contribution in [3.05, 3.63) is 63.3 Å². The molecule has 0 spiro atoms. The van der Waals surface area contributed by atoms with E-state index in [9.17, 15) is 4.79 Å². The Labute approximate surface area is 171 Å². The zero-order valence-electron chi connectivity index (χ0n) is 15.4.